The highest BCUT2D eigenvalue weighted by molar-refractivity contribution is 7.13. The molecule has 0 spiro atoms. The smallest absolute Gasteiger partial charge is 0.328 e. The quantitative estimate of drug-likeness (QED) is 0.254. The number of hydrogen-bond acceptors (Lipinski definition) is 7. The topological polar surface area (TPSA) is 99.5 Å². The first-order valence-corrected chi connectivity index (χ1v) is 13.1. The average Bonchev–Trinajstić information content (AvgIpc) is 3.35. The number of benzene rings is 2. The molecule has 3 rings (SSSR count). The van der Waals surface area contributed by atoms with Crippen molar-refractivity contribution >= 4 is 22.9 Å². The van der Waals surface area contributed by atoms with Crippen LogP contribution in [0.15, 0.2) is 78.9 Å². The van der Waals surface area contributed by atoms with Crippen molar-refractivity contribution in [3.8, 4) is 11.5 Å². The standard InChI is InChI=1S/C29H35NO6S/c1-21(15-29(33)34)28-14-13-27(37-28)16-22(2)30(17-23(31)19-35-25-9-5-3-6-10-25)18-24(32)20-36-26-11-7-4-8-12-26/h3-15,22-24,31-32H,16-20H2,1-2H3,(H,33,34)/b21-15+. The van der Waals surface area contributed by atoms with E-state index in [-0.39, 0.29) is 19.3 Å². The number of hydrogen-bond donors (Lipinski definition) is 3. The largest absolute Gasteiger partial charge is 0.491 e. The SMILES string of the molecule is C/C(=C\C(=O)O)c1ccc(CC(C)N(CC(O)COc2ccccc2)CC(O)COc2ccccc2)s1. The summed E-state index contributed by atoms with van der Waals surface area (Å²) in [6.07, 6.45) is 0.371. The lowest BCUT2D eigenvalue weighted by Crippen LogP contribution is -2.46. The van der Waals surface area contributed by atoms with Crippen LogP contribution >= 0.6 is 11.3 Å². The summed E-state index contributed by atoms with van der Waals surface area (Å²) in [5.74, 6) is 0.409. The molecule has 0 aliphatic heterocycles. The lowest BCUT2D eigenvalue weighted by atomic mass is 10.1. The van der Waals surface area contributed by atoms with Crippen LogP contribution in [0.5, 0.6) is 11.5 Å². The van der Waals surface area contributed by atoms with Crippen LogP contribution in [0.3, 0.4) is 0 Å². The minimum atomic E-state index is -0.967. The van der Waals surface area contributed by atoms with Gasteiger partial charge in [-0.05, 0) is 62.2 Å². The van der Waals surface area contributed by atoms with Crippen molar-refractivity contribution in [3.05, 3.63) is 88.6 Å². The number of aliphatic hydroxyl groups excluding tert-OH is 2. The molecule has 2 aromatic carbocycles. The molecule has 3 atom stereocenters. The van der Waals surface area contributed by atoms with E-state index in [1.165, 1.54) is 6.08 Å². The van der Waals surface area contributed by atoms with E-state index >= 15 is 0 Å². The van der Waals surface area contributed by atoms with Crippen molar-refractivity contribution in [3.63, 3.8) is 0 Å². The van der Waals surface area contributed by atoms with Crippen molar-refractivity contribution in [2.45, 2.75) is 38.5 Å². The Hall–Kier alpha value is -3.17. The molecule has 7 nitrogen and oxygen atoms in total. The van der Waals surface area contributed by atoms with Gasteiger partial charge in [-0.25, -0.2) is 4.79 Å². The number of ether oxygens (including phenoxy) is 2. The molecule has 1 heterocycles. The fourth-order valence-corrected chi connectivity index (χ4v) is 4.97. The molecule has 37 heavy (non-hydrogen) atoms. The van der Waals surface area contributed by atoms with Crippen molar-refractivity contribution in [2.75, 3.05) is 26.3 Å². The van der Waals surface area contributed by atoms with Crippen LogP contribution in [-0.2, 0) is 11.2 Å². The van der Waals surface area contributed by atoms with Gasteiger partial charge >= 0.3 is 5.97 Å². The monoisotopic (exact) mass is 525 g/mol. The van der Waals surface area contributed by atoms with Crippen LogP contribution in [0.2, 0.25) is 0 Å². The Morgan fingerprint density at radius 1 is 0.892 bits per heavy atom. The molecule has 3 unspecified atom stereocenters. The number of para-hydroxylation sites is 2. The van der Waals surface area contributed by atoms with Gasteiger partial charge < -0.3 is 24.8 Å². The summed E-state index contributed by atoms with van der Waals surface area (Å²) in [5, 5.41) is 30.5. The number of nitrogens with zero attached hydrogens (tertiary/aromatic N) is 1. The first-order valence-electron chi connectivity index (χ1n) is 12.3. The number of allylic oxidation sites excluding steroid dienone is 1. The molecule has 0 aliphatic rings. The van der Waals surface area contributed by atoms with Crippen molar-refractivity contribution in [1.29, 1.82) is 0 Å². The molecular weight excluding hydrogens is 490 g/mol. The van der Waals surface area contributed by atoms with Crippen LogP contribution in [-0.4, -0.2) is 70.7 Å². The van der Waals surface area contributed by atoms with Crippen LogP contribution in [0.25, 0.3) is 5.57 Å². The summed E-state index contributed by atoms with van der Waals surface area (Å²) in [6, 6.07) is 22.6. The van der Waals surface area contributed by atoms with E-state index in [9.17, 15) is 15.0 Å². The fourth-order valence-electron chi connectivity index (χ4n) is 3.88. The molecule has 0 amide bonds. The zero-order valence-corrected chi connectivity index (χ0v) is 22.0. The number of carboxylic acid groups (broad SMARTS) is 1. The van der Waals surface area contributed by atoms with Crippen molar-refractivity contribution < 1.29 is 29.6 Å². The van der Waals surface area contributed by atoms with E-state index in [0.717, 1.165) is 9.75 Å². The maximum atomic E-state index is 11.0. The van der Waals surface area contributed by atoms with E-state index in [0.29, 0.717) is 36.6 Å². The van der Waals surface area contributed by atoms with Gasteiger partial charge in [0.15, 0.2) is 0 Å². The predicted octanol–water partition coefficient (Wildman–Crippen LogP) is 4.35. The molecule has 1 aromatic heterocycles. The Bertz CT molecular complexity index is 1070. The molecular formula is C29H35NO6S. The summed E-state index contributed by atoms with van der Waals surface area (Å²) in [5.41, 5.74) is 0.704. The normalized spacial score (nSPS) is 14.2. The van der Waals surface area contributed by atoms with Gasteiger partial charge in [0.2, 0.25) is 0 Å². The molecule has 0 fully saturated rings. The van der Waals surface area contributed by atoms with Crippen molar-refractivity contribution in [2.24, 2.45) is 0 Å². The Morgan fingerprint density at radius 3 is 1.89 bits per heavy atom. The second kappa shape index (κ2) is 14.5. The van der Waals surface area contributed by atoms with Gasteiger partial charge in [0.05, 0.1) is 0 Å². The third-order valence-electron chi connectivity index (χ3n) is 5.77. The first kappa shape index (κ1) is 28.4. The van der Waals surface area contributed by atoms with Gasteiger partial charge in [0.25, 0.3) is 0 Å². The molecule has 8 heteroatoms. The molecule has 0 saturated carbocycles. The summed E-state index contributed by atoms with van der Waals surface area (Å²) >= 11 is 1.55. The Morgan fingerprint density at radius 2 is 1.41 bits per heavy atom. The summed E-state index contributed by atoms with van der Waals surface area (Å²) < 4.78 is 11.4. The first-order chi connectivity index (χ1) is 17.8. The molecule has 3 aromatic rings. The number of aliphatic hydroxyl groups is 2. The molecule has 0 saturated heterocycles. The van der Waals surface area contributed by atoms with Crippen LogP contribution in [0.4, 0.5) is 0 Å². The van der Waals surface area contributed by atoms with Crippen LogP contribution in [0, 0.1) is 0 Å². The van der Waals surface area contributed by atoms with Crippen LogP contribution in [0.1, 0.15) is 23.6 Å². The lowest BCUT2D eigenvalue weighted by Gasteiger charge is -2.32. The zero-order valence-electron chi connectivity index (χ0n) is 21.2. The van der Waals surface area contributed by atoms with E-state index in [2.05, 4.69) is 6.92 Å². The van der Waals surface area contributed by atoms with E-state index in [1.807, 2.05) is 77.7 Å². The third-order valence-corrected chi connectivity index (χ3v) is 7.01. The zero-order chi connectivity index (χ0) is 26.6. The second-order valence-corrected chi connectivity index (χ2v) is 10.2. The minimum absolute atomic E-state index is 0.00647. The van der Waals surface area contributed by atoms with Crippen LogP contribution < -0.4 is 9.47 Å². The molecule has 0 bridgehead atoms. The number of thiophene rings is 1. The summed E-state index contributed by atoms with van der Waals surface area (Å²) in [7, 11) is 0. The number of carboxylic acids is 1. The summed E-state index contributed by atoms with van der Waals surface area (Å²) in [4.78, 5) is 15.0. The van der Waals surface area contributed by atoms with Gasteiger partial charge in [-0.1, -0.05) is 36.4 Å². The van der Waals surface area contributed by atoms with E-state index in [1.54, 1.807) is 18.3 Å². The highest BCUT2D eigenvalue weighted by Gasteiger charge is 2.22. The minimum Gasteiger partial charge on any atom is -0.491 e. The highest BCUT2D eigenvalue weighted by Crippen LogP contribution is 2.26. The fraction of sp³-hybridized carbons (Fsp3) is 0.345. The molecule has 3 N–H and O–H groups in total. The maximum Gasteiger partial charge on any atom is 0.328 e. The predicted molar refractivity (Wildman–Crippen MR) is 146 cm³/mol. The third kappa shape index (κ3) is 10.0. The Balaban J connectivity index is 1.63. The van der Waals surface area contributed by atoms with E-state index < -0.39 is 18.2 Å². The number of aliphatic carboxylic acids is 1. The molecule has 0 radical (unpaired) electrons. The van der Waals surface area contributed by atoms with Gasteiger partial charge in [0, 0.05) is 35.0 Å². The van der Waals surface area contributed by atoms with Gasteiger partial charge in [-0.15, -0.1) is 11.3 Å². The number of rotatable bonds is 15. The Kier molecular flexibility index (Phi) is 11.2. The average molecular weight is 526 g/mol. The molecule has 0 aliphatic carbocycles. The second-order valence-electron chi connectivity index (χ2n) is 8.99. The molecule has 198 valence electrons. The number of carbonyl (C=O) groups is 1. The maximum absolute atomic E-state index is 11.0. The van der Waals surface area contributed by atoms with Crippen molar-refractivity contribution in [1.82, 2.24) is 4.90 Å². The van der Waals surface area contributed by atoms with Gasteiger partial charge in [-0.2, -0.15) is 0 Å². The van der Waals surface area contributed by atoms with E-state index in [4.69, 9.17) is 14.6 Å². The highest BCUT2D eigenvalue weighted by atomic mass is 32.1. The lowest BCUT2D eigenvalue weighted by molar-refractivity contribution is -0.131. The van der Waals surface area contributed by atoms with Gasteiger partial charge in [-0.3, -0.25) is 4.90 Å². The summed E-state index contributed by atoms with van der Waals surface area (Å²) in [6.45, 7) is 4.72. The van der Waals surface area contributed by atoms with Gasteiger partial charge in [0.1, 0.15) is 36.9 Å². The Labute approximate surface area is 222 Å².